The van der Waals surface area contributed by atoms with Gasteiger partial charge in [-0.25, -0.2) is 4.39 Å². The van der Waals surface area contributed by atoms with Crippen LogP contribution in [0.15, 0.2) is 40.9 Å². The zero-order chi connectivity index (χ0) is 15.6. The fourth-order valence-electron chi connectivity index (χ4n) is 1.77. The van der Waals surface area contributed by atoms with Gasteiger partial charge in [0, 0.05) is 10.0 Å². The molecule has 0 aliphatic carbocycles. The van der Waals surface area contributed by atoms with Crippen molar-refractivity contribution in [1.29, 1.82) is 0 Å². The number of anilines is 1. The molecular weight excluding hydrogens is 355 g/mol. The standard InChI is InChI=1S/C15H12BrFN2OS/c1-8-2-4-12(17)10(6-8)15(20)19-13-5-3-9(14(18)21)7-11(13)16/h2-7H,1H3,(H2,18,21)(H,19,20). The lowest BCUT2D eigenvalue weighted by atomic mass is 10.1. The number of halogens is 2. The van der Waals surface area contributed by atoms with Gasteiger partial charge in [0.1, 0.15) is 10.8 Å². The molecule has 1 amide bonds. The first-order chi connectivity index (χ1) is 9.88. The number of benzene rings is 2. The van der Waals surface area contributed by atoms with Crippen LogP contribution in [-0.4, -0.2) is 10.9 Å². The molecule has 0 unspecified atom stereocenters. The summed E-state index contributed by atoms with van der Waals surface area (Å²) in [5.41, 5.74) is 7.54. The highest BCUT2D eigenvalue weighted by Crippen LogP contribution is 2.24. The van der Waals surface area contributed by atoms with Gasteiger partial charge in [-0.05, 0) is 53.2 Å². The van der Waals surface area contributed by atoms with Crippen LogP contribution in [0, 0.1) is 12.7 Å². The van der Waals surface area contributed by atoms with Crippen LogP contribution in [0.5, 0.6) is 0 Å². The van der Waals surface area contributed by atoms with Crippen LogP contribution >= 0.6 is 28.1 Å². The Labute approximate surface area is 135 Å². The predicted molar refractivity (Wildman–Crippen MR) is 89.1 cm³/mol. The van der Waals surface area contributed by atoms with Gasteiger partial charge in [-0.1, -0.05) is 23.8 Å². The van der Waals surface area contributed by atoms with E-state index in [0.29, 0.717) is 15.7 Å². The number of nitrogens with two attached hydrogens (primary N) is 1. The van der Waals surface area contributed by atoms with Gasteiger partial charge in [0.25, 0.3) is 5.91 Å². The first-order valence-electron chi connectivity index (χ1n) is 6.05. The first-order valence-corrected chi connectivity index (χ1v) is 7.25. The van der Waals surface area contributed by atoms with E-state index in [-0.39, 0.29) is 10.6 Å². The van der Waals surface area contributed by atoms with Gasteiger partial charge in [0.2, 0.25) is 0 Å². The van der Waals surface area contributed by atoms with Crippen molar-refractivity contribution in [2.45, 2.75) is 6.92 Å². The summed E-state index contributed by atoms with van der Waals surface area (Å²) in [6.45, 7) is 1.79. The average Bonchev–Trinajstić information content (AvgIpc) is 2.43. The maximum Gasteiger partial charge on any atom is 0.258 e. The molecule has 2 rings (SSSR count). The van der Waals surface area contributed by atoms with Crippen molar-refractivity contribution >= 4 is 44.7 Å². The quantitative estimate of drug-likeness (QED) is 0.812. The highest BCUT2D eigenvalue weighted by atomic mass is 79.9. The van der Waals surface area contributed by atoms with E-state index in [1.54, 1.807) is 31.2 Å². The first kappa shape index (κ1) is 15.6. The molecule has 2 aromatic rings. The monoisotopic (exact) mass is 366 g/mol. The molecule has 6 heteroatoms. The molecule has 0 saturated carbocycles. The molecule has 3 nitrogen and oxygen atoms in total. The highest BCUT2D eigenvalue weighted by Gasteiger charge is 2.13. The number of rotatable bonds is 3. The van der Waals surface area contributed by atoms with E-state index in [1.807, 2.05) is 0 Å². The molecule has 0 atom stereocenters. The summed E-state index contributed by atoms with van der Waals surface area (Å²) < 4.78 is 14.3. The topological polar surface area (TPSA) is 55.1 Å². The summed E-state index contributed by atoms with van der Waals surface area (Å²) in [6, 6.07) is 9.43. The molecule has 3 N–H and O–H groups in total. The molecule has 0 spiro atoms. The Morgan fingerprint density at radius 3 is 2.62 bits per heavy atom. The van der Waals surface area contributed by atoms with E-state index in [0.717, 1.165) is 5.56 Å². The van der Waals surface area contributed by atoms with E-state index in [4.69, 9.17) is 18.0 Å². The third kappa shape index (κ3) is 3.65. The minimum Gasteiger partial charge on any atom is -0.389 e. The van der Waals surface area contributed by atoms with Crippen molar-refractivity contribution in [3.8, 4) is 0 Å². The van der Waals surface area contributed by atoms with E-state index in [1.165, 1.54) is 12.1 Å². The van der Waals surface area contributed by atoms with Crippen molar-refractivity contribution in [1.82, 2.24) is 0 Å². The van der Waals surface area contributed by atoms with Crippen molar-refractivity contribution in [3.63, 3.8) is 0 Å². The Hall–Kier alpha value is -1.79. The second kappa shape index (κ2) is 6.32. The lowest BCUT2D eigenvalue weighted by molar-refractivity contribution is 0.102. The molecule has 0 bridgehead atoms. The summed E-state index contributed by atoms with van der Waals surface area (Å²) in [7, 11) is 0. The van der Waals surface area contributed by atoms with Crippen LogP contribution in [0.4, 0.5) is 10.1 Å². The maximum atomic E-state index is 13.7. The van der Waals surface area contributed by atoms with Gasteiger partial charge in [-0.3, -0.25) is 4.79 Å². The molecule has 0 saturated heterocycles. The molecule has 0 aliphatic heterocycles. The van der Waals surface area contributed by atoms with Crippen LogP contribution < -0.4 is 11.1 Å². The van der Waals surface area contributed by atoms with Crippen molar-refractivity contribution in [2.24, 2.45) is 5.73 Å². The normalized spacial score (nSPS) is 10.2. The number of nitrogens with one attached hydrogen (secondary N) is 1. The summed E-state index contributed by atoms with van der Waals surface area (Å²) in [5.74, 6) is -1.08. The van der Waals surface area contributed by atoms with E-state index in [2.05, 4.69) is 21.2 Å². The Morgan fingerprint density at radius 2 is 2.00 bits per heavy atom. The zero-order valence-electron chi connectivity index (χ0n) is 11.1. The fourth-order valence-corrected chi connectivity index (χ4v) is 2.38. The molecule has 0 heterocycles. The van der Waals surface area contributed by atoms with Gasteiger partial charge in [0.15, 0.2) is 0 Å². The smallest absolute Gasteiger partial charge is 0.258 e. The van der Waals surface area contributed by atoms with Gasteiger partial charge in [-0.15, -0.1) is 0 Å². The van der Waals surface area contributed by atoms with E-state index in [9.17, 15) is 9.18 Å². The number of hydrogen-bond acceptors (Lipinski definition) is 2. The van der Waals surface area contributed by atoms with Crippen LogP contribution in [-0.2, 0) is 0 Å². The second-order valence-corrected chi connectivity index (χ2v) is 5.79. The number of carbonyl (C=O) groups is 1. The molecular formula is C15H12BrFN2OS. The number of thiocarbonyl (C=S) groups is 1. The third-order valence-corrected chi connectivity index (χ3v) is 3.76. The van der Waals surface area contributed by atoms with Crippen LogP contribution in [0.1, 0.15) is 21.5 Å². The van der Waals surface area contributed by atoms with Crippen molar-refractivity contribution in [3.05, 3.63) is 63.4 Å². The summed E-state index contributed by atoms with van der Waals surface area (Å²) >= 11 is 8.21. The Balaban J connectivity index is 2.27. The summed E-state index contributed by atoms with van der Waals surface area (Å²) in [6.07, 6.45) is 0. The number of carbonyl (C=O) groups excluding carboxylic acids is 1. The van der Waals surface area contributed by atoms with Gasteiger partial charge < -0.3 is 11.1 Å². The zero-order valence-corrected chi connectivity index (χ0v) is 13.5. The van der Waals surface area contributed by atoms with E-state index < -0.39 is 11.7 Å². The third-order valence-electron chi connectivity index (χ3n) is 2.87. The van der Waals surface area contributed by atoms with Crippen LogP contribution in [0.3, 0.4) is 0 Å². The number of hydrogen-bond donors (Lipinski definition) is 2. The molecule has 2 aromatic carbocycles. The van der Waals surface area contributed by atoms with Crippen molar-refractivity contribution in [2.75, 3.05) is 5.32 Å². The van der Waals surface area contributed by atoms with Gasteiger partial charge in [0.05, 0.1) is 11.3 Å². The SMILES string of the molecule is Cc1ccc(F)c(C(=O)Nc2ccc(C(N)=S)cc2Br)c1. The molecule has 21 heavy (non-hydrogen) atoms. The fraction of sp³-hybridized carbons (Fsp3) is 0.0667. The Kier molecular flexibility index (Phi) is 4.69. The van der Waals surface area contributed by atoms with Crippen LogP contribution in [0.2, 0.25) is 0 Å². The molecule has 0 aromatic heterocycles. The van der Waals surface area contributed by atoms with Gasteiger partial charge in [-0.2, -0.15) is 0 Å². The van der Waals surface area contributed by atoms with Crippen molar-refractivity contribution < 1.29 is 9.18 Å². The average molecular weight is 367 g/mol. The molecule has 0 radical (unpaired) electrons. The second-order valence-electron chi connectivity index (χ2n) is 4.50. The Morgan fingerprint density at radius 1 is 1.29 bits per heavy atom. The molecule has 0 fully saturated rings. The lowest BCUT2D eigenvalue weighted by Gasteiger charge is -2.10. The Bertz CT molecular complexity index is 734. The highest BCUT2D eigenvalue weighted by molar-refractivity contribution is 9.10. The number of aryl methyl sites for hydroxylation is 1. The summed E-state index contributed by atoms with van der Waals surface area (Å²) in [5, 5.41) is 2.65. The molecule has 0 aliphatic rings. The largest absolute Gasteiger partial charge is 0.389 e. The minimum absolute atomic E-state index is 0.000298. The molecule has 108 valence electrons. The predicted octanol–water partition coefficient (Wildman–Crippen LogP) is 3.78. The van der Waals surface area contributed by atoms with Gasteiger partial charge >= 0.3 is 0 Å². The maximum absolute atomic E-state index is 13.7. The lowest BCUT2D eigenvalue weighted by Crippen LogP contribution is -2.15. The number of amides is 1. The summed E-state index contributed by atoms with van der Waals surface area (Å²) in [4.78, 5) is 12.4. The van der Waals surface area contributed by atoms with Crippen LogP contribution in [0.25, 0.3) is 0 Å². The van der Waals surface area contributed by atoms with E-state index >= 15 is 0 Å². The minimum atomic E-state index is -0.561.